The predicted octanol–water partition coefficient (Wildman–Crippen LogP) is 3.64. The van der Waals surface area contributed by atoms with Crippen LogP contribution in [-0.4, -0.2) is 62.9 Å². The number of para-hydroxylation sites is 2. The summed E-state index contributed by atoms with van der Waals surface area (Å²) in [5.41, 5.74) is 1.83. The highest BCUT2D eigenvalue weighted by molar-refractivity contribution is 7.89. The van der Waals surface area contributed by atoms with E-state index in [0.29, 0.717) is 54.8 Å². The van der Waals surface area contributed by atoms with Gasteiger partial charge in [-0.2, -0.15) is 4.31 Å². The Morgan fingerprint density at radius 2 is 1.79 bits per heavy atom. The van der Waals surface area contributed by atoms with Gasteiger partial charge in [-0.3, -0.25) is 4.79 Å². The van der Waals surface area contributed by atoms with Crippen molar-refractivity contribution in [1.82, 2.24) is 9.21 Å². The summed E-state index contributed by atoms with van der Waals surface area (Å²) in [5.74, 6) is 1.63. The van der Waals surface area contributed by atoms with Gasteiger partial charge in [0.2, 0.25) is 10.0 Å². The summed E-state index contributed by atoms with van der Waals surface area (Å²) in [6, 6.07) is 10.7. The van der Waals surface area contributed by atoms with Gasteiger partial charge in [0.25, 0.3) is 5.91 Å². The molecule has 8 heteroatoms. The number of ether oxygens (including phenoxy) is 2. The number of nitrogens with zero attached hydrogens (tertiary/aromatic N) is 2. The molecule has 2 aromatic rings. The SMILES string of the molecule is Cc1cc(C(=O)N(C)CC2COc3ccccc3O2)cc(S(=O)(=O)N2CCC(C)CC2)c1C. The molecule has 0 aromatic heterocycles. The van der Waals surface area contributed by atoms with Crippen molar-refractivity contribution in [3.63, 3.8) is 0 Å². The largest absolute Gasteiger partial charge is 0.486 e. The summed E-state index contributed by atoms with van der Waals surface area (Å²) in [7, 11) is -1.97. The number of amides is 1. The molecule has 4 rings (SSSR count). The molecule has 1 unspecified atom stereocenters. The molecule has 0 bridgehead atoms. The van der Waals surface area contributed by atoms with E-state index in [9.17, 15) is 13.2 Å². The number of piperidine rings is 1. The fourth-order valence-corrected chi connectivity index (χ4v) is 6.14. The number of carbonyl (C=O) groups excluding carboxylic acids is 1. The van der Waals surface area contributed by atoms with Crippen molar-refractivity contribution < 1.29 is 22.7 Å². The van der Waals surface area contributed by atoms with Crippen molar-refractivity contribution in [2.45, 2.75) is 44.6 Å². The van der Waals surface area contributed by atoms with Gasteiger partial charge in [0.15, 0.2) is 17.6 Å². The number of fused-ring (bicyclic) bond motifs is 1. The molecule has 0 radical (unpaired) electrons. The van der Waals surface area contributed by atoms with Crippen molar-refractivity contribution >= 4 is 15.9 Å². The minimum atomic E-state index is -3.66. The first-order valence-corrected chi connectivity index (χ1v) is 12.9. The van der Waals surface area contributed by atoms with Crippen molar-refractivity contribution in [2.75, 3.05) is 33.3 Å². The monoisotopic (exact) mass is 472 g/mol. The molecule has 7 nitrogen and oxygen atoms in total. The third-order valence-corrected chi connectivity index (χ3v) is 8.64. The summed E-state index contributed by atoms with van der Waals surface area (Å²) in [5, 5.41) is 0. The van der Waals surface area contributed by atoms with Crippen LogP contribution in [0.5, 0.6) is 11.5 Å². The van der Waals surface area contributed by atoms with E-state index in [2.05, 4.69) is 6.92 Å². The van der Waals surface area contributed by atoms with Crippen LogP contribution in [0.2, 0.25) is 0 Å². The lowest BCUT2D eigenvalue weighted by Crippen LogP contribution is -2.42. The van der Waals surface area contributed by atoms with E-state index in [4.69, 9.17) is 9.47 Å². The first-order valence-electron chi connectivity index (χ1n) is 11.4. The number of hydrogen-bond donors (Lipinski definition) is 0. The Labute approximate surface area is 196 Å². The van der Waals surface area contributed by atoms with Gasteiger partial charge in [-0.15, -0.1) is 0 Å². The lowest BCUT2D eigenvalue weighted by molar-refractivity contribution is 0.0520. The van der Waals surface area contributed by atoms with Crippen LogP contribution in [0.25, 0.3) is 0 Å². The molecule has 0 N–H and O–H groups in total. The molecule has 0 saturated carbocycles. The second-order valence-electron chi connectivity index (χ2n) is 9.19. The van der Waals surface area contributed by atoms with E-state index in [1.807, 2.05) is 31.2 Å². The molecular formula is C25H32N2O5S. The summed E-state index contributed by atoms with van der Waals surface area (Å²) < 4.78 is 40.1. The molecule has 0 aliphatic carbocycles. The van der Waals surface area contributed by atoms with Crippen molar-refractivity contribution in [3.8, 4) is 11.5 Å². The number of aryl methyl sites for hydroxylation is 1. The summed E-state index contributed by atoms with van der Waals surface area (Å²) in [4.78, 5) is 15.0. The van der Waals surface area contributed by atoms with Gasteiger partial charge in [0.1, 0.15) is 6.61 Å². The first kappa shape index (κ1) is 23.6. The quantitative estimate of drug-likeness (QED) is 0.664. The van der Waals surface area contributed by atoms with Crippen LogP contribution in [0.1, 0.15) is 41.3 Å². The maximum atomic E-state index is 13.4. The van der Waals surface area contributed by atoms with E-state index in [0.717, 1.165) is 18.4 Å². The summed E-state index contributed by atoms with van der Waals surface area (Å²) in [6.45, 7) is 7.49. The Morgan fingerprint density at radius 3 is 2.48 bits per heavy atom. The maximum absolute atomic E-state index is 13.4. The standard InChI is InChI=1S/C25H32N2O5S/c1-17-9-11-27(12-10-17)33(29,30)24-14-20(13-18(2)19(24)3)25(28)26(4)15-21-16-31-22-7-5-6-8-23(22)32-21/h5-8,13-14,17,21H,9-12,15-16H2,1-4H3. The molecule has 2 heterocycles. The number of hydrogen-bond acceptors (Lipinski definition) is 5. The molecule has 33 heavy (non-hydrogen) atoms. The van der Waals surface area contributed by atoms with Gasteiger partial charge in [-0.25, -0.2) is 8.42 Å². The van der Waals surface area contributed by atoms with E-state index < -0.39 is 10.0 Å². The Morgan fingerprint density at radius 1 is 1.12 bits per heavy atom. The minimum Gasteiger partial charge on any atom is -0.486 e. The lowest BCUT2D eigenvalue weighted by Gasteiger charge is -2.31. The molecule has 1 atom stereocenters. The van der Waals surface area contributed by atoms with Gasteiger partial charge in [0, 0.05) is 25.7 Å². The van der Waals surface area contributed by atoms with Crippen LogP contribution in [0.4, 0.5) is 0 Å². The number of sulfonamides is 1. The number of rotatable bonds is 5. The van der Waals surface area contributed by atoms with Crippen LogP contribution in [0.15, 0.2) is 41.3 Å². The Balaban J connectivity index is 1.53. The molecule has 178 valence electrons. The fraction of sp³-hybridized carbons (Fsp3) is 0.480. The van der Waals surface area contributed by atoms with Crippen LogP contribution in [-0.2, 0) is 10.0 Å². The highest BCUT2D eigenvalue weighted by Gasteiger charge is 2.31. The molecule has 1 fully saturated rings. The zero-order valence-electron chi connectivity index (χ0n) is 19.7. The molecule has 2 aliphatic heterocycles. The van der Waals surface area contributed by atoms with E-state index in [-0.39, 0.29) is 16.9 Å². The smallest absolute Gasteiger partial charge is 0.253 e. The highest BCUT2D eigenvalue weighted by Crippen LogP contribution is 2.31. The van der Waals surface area contributed by atoms with Crippen LogP contribution in [0.3, 0.4) is 0 Å². The van der Waals surface area contributed by atoms with Crippen LogP contribution in [0, 0.1) is 19.8 Å². The van der Waals surface area contributed by atoms with Crippen molar-refractivity contribution in [3.05, 3.63) is 53.1 Å². The molecule has 2 aromatic carbocycles. The summed E-state index contributed by atoms with van der Waals surface area (Å²) in [6.07, 6.45) is 1.40. The minimum absolute atomic E-state index is 0.222. The average molecular weight is 473 g/mol. The highest BCUT2D eigenvalue weighted by atomic mass is 32.2. The van der Waals surface area contributed by atoms with Gasteiger partial charge < -0.3 is 14.4 Å². The normalized spacial score (nSPS) is 19.3. The van der Waals surface area contributed by atoms with Crippen molar-refractivity contribution in [1.29, 1.82) is 0 Å². The maximum Gasteiger partial charge on any atom is 0.253 e. The lowest BCUT2D eigenvalue weighted by atomic mass is 10.0. The number of benzene rings is 2. The second-order valence-corrected chi connectivity index (χ2v) is 11.1. The molecule has 1 saturated heterocycles. The molecular weight excluding hydrogens is 440 g/mol. The Hall–Kier alpha value is -2.58. The van der Waals surface area contributed by atoms with Crippen LogP contribution >= 0.6 is 0 Å². The van der Waals surface area contributed by atoms with Gasteiger partial charge in [-0.1, -0.05) is 19.1 Å². The topological polar surface area (TPSA) is 76.1 Å². The average Bonchev–Trinajstić information content (AvgIpc) is 2.80. The van der Waals surface area contributed by atoms with Gasteiger partial charge in [0.05, 0.1) is 11.4 Å². The van der Waals surface area contributed by atoms with Gasteiger partial charge >= 0.3 is 0 Å². The molecule has 1 amide bonds. The molecule has 2 aliphatic rings. The van der Waals surface area contributed by atoms with E-state index >= 15 is 0 Å². The summed E-state index contributed by atoms with van der Waals surface area (Å²) >= 11 is 0. The first-order chi connectivity index (χ1) is 15.7. The van der Waals surface area contributed by atoms with Crippen molar-refractivity contribution in [2.24, 2.45) is 5.92 Å². The Kier molecular flexibility index (Phi) is 6.68. The van der Waals surface area contributed by atoms with Crippen LogP contribution < -0.4 is 9.47 Å². The zero-order valence-corrected chi connectivity index (χ0v) is 20.5. The number of likely N-dealkylation sites (N-methyl/N-ethyl adjacent to an activating group) is 1. The fourth-order valence-electron chi connectivity index (χ4n) is 4.34. The van der Waals surface area contributed by atoms with E-state index in [1.54, 1.807) is 29.2 Å². The zero-order chi connectivity index (χ0) is 23.8. The van der Waals surface area contributed by atoms with E-state index in [1.165, 1.54) is 6.07 Å². The van der Waals surface area contributed by atoms with Gasteiger partial charge in [-0.05, 0) is 68.0 Å². The second kappa shape index (κ2) is 9.35. The predicted molar refractivity (Wildman–Crippen MR) is 126 cm³/mol. The third-order valence-electron chi connectivity index (χ3n) is 6.62. The molecule has 0 spiro atoms. The third kappa shape index (κ3) is 4.87. The number of carbonyl (C=O) groups is 1. The Bertz CT molecular complexity index is 1140.